The quantitative estimate of drug-likeness (QED) is 0.765. The van der Waals surface area contributed by atoms with Crippen LogP contribution in [0.25, 0.3) is 0 Å². The fourth-order valence-corrected chi connectivity index (χ4v) is 4.93. The Morgan fingerprint density at radius 3 is 2.81 bits per heavy atom. The molecule has 21 heavy (non-hydrogen) atoms. The van der Waals surface area contributed by atoms with Crippen LogP contribution in [0.2, 0.25) is 0 Å². The molecule has 0 aromatic carbocycles. The lowest BCUT2D eigenvalue weighted by atomic mass is 9.89. The third kappa shape index (κ3) is 3.96. The van der Waals surface area contributed by atoms with E-state index in [2.05, 4.69) is 10.6 Å². The third-order valence-corrected chi connectivity index (χ3v) is 6.59. The predicted molar refractivity (Wildman–Crippen MR) is 82.4 cm³/mol. The summed E-state index contributed by atoms with van der Waals surface area (Å²) in [6.45, 7) is 3.57. The van der Waals surface area contributed by atoms with Crippen LogP contribution in [0.4, 0.5) is 0 Å². The zero-order chi connectivity index (χ0) is 15.5. The number of nitrogens with zero attached hydrogens (tertiary/aromatic N) is 1. The van der Waals surface area contributed by atoms with E-state index in [4.69, 9.17) is 0 Å². The highest BCUT2D eigenvalue weighted by atomic mass is 32.2. The molecule has 2 unspecified atom stereocenters. The Morgan fingerprint density at radius 1 is 1.43 bits per heavy atom. The number of carbonyl (C=O) groups is 1. The van der Waals surface area contributed by atoms with Gasteiger partial charge in [-0.2, -0.15) is 0 Å². The first kappa shape index (κ1) is 16.7. The minimum atomic E-state index is -3.26. The summed E-state index contributed by atoms with van der Waals surface area (Å²) in [5, 5.41) is 6.01. The van der Waals surface area contributed by atoms with Crippen LogP contribution in [0.5, 0.6) is 0 Å². The Morgan fingerprint density at radius 2 is 2.19 bits per heavy atom. The topological polar surface area (TPSA) is 78.5 Å². The van der Waals surface area contributed by atoms with E-state index in [0.717, 1.165) is 13.0 Å². The van der Waals surface area contributed by atoms with Gasteiger partial charge in [0.2, 0.25) is 15.9 Å². The molecule has 0 spiro atoms. The molecule has 1 amide bonds. The van der Waals surface area contributed by atoms with E-state index >= 15 is 0 Å². The molecule has 7 heteroatoms. The zero-order valence-corrected chi connectivity index (χ0v) is 13.8. The van der Waals surface area contributed by atoms with Gasteiger partial charge in [-0.15, -0.1) is 0 Å². The van der Waals surface area contributed by atoms with Crippen LogP contribution in [-0.4, -0.2) is 57.1 Å². The maximum absolute atomic E-state index is 12.4. The highest BCUT2D eigenvalue weighted by Gasteiger charge is 2.43. The van der Waals surface area contributed by atoms with Gasteiger partial charge in [0.1, 0.15) is 0 Å². The van der Waals surface area contributed by atoms with Crippen LogP contribution < -0.4 is 10.6 Å². The number of hydrogen-bond acceptors (Lipinski definition) is 4. The normalized spacial score (nSPS) is 31.2. The third-order valence-electron chi connectivity index (χ3n) is 4.74. The summed E-state index contributed by atoms with van der Waals surface area (Å²) in [6, 6.07) is 0.321. The van der Waals surface area contributed by atoms with E-state index in [-0.39, 0.29) is 11.7 Å². The lowest BCUT2D eigenvalue weighted by Crippen LogP contribution is -2.41. The molecule has 2 N–H and O–H groups in total. The van der Waals surface area contributed by atoms with Crippen molar-refractivity contribution in [2.75, 3.05) is 32.4 Å². The van der Waals surface area contributed by atoms with Gasteiger partial charge in [-0.1, -0.05) is 6.42 Å². The molecule has 2 atom stereocenters. The van der Waals surface area contributed by atoms with Crippen LogP contribution in [0.1, 0.15) is 39.0 Å². The fourth-order valence-electron chi connectivity index (χ4n) is 3.23. The number of sulfonamides is 1. The number of piperidine rings is 1. The number of hydrogen-bond donors (Lipinski definition) is 2. The Kier molecular flexibility index (Phi) is 5.27. The van der Waals surface area contributed by atoms with E-state index in [9.17, 15) is 13.2 Å². The van der Waals surface area contributed by atoms with Gasteiger partial charge >= 0.3 is 0 Å². The minimum absolute atomic E-state index is 0.0749. The Hall–Kier alpha value is -0.660. The first-order chi connectivity index (χ1) is 9.87. The van der Waals surface area contributed by atoms with Crippen molar-refractivity contribution in [3.05, 3.63) is 0 Å². The van der Waals surface area contributed by atoms with Gasteiger partial charge in [-0.05, 0) is 39.2 Å². The summed E-state index contributed by atoms with van der Waals surface area (Å²) in [5.74, 6) is 0.100. The maximum atomic E-state index is 12.4. The standard InChI is InChI=1S/C14H27N3O3S/c1-14(13(18)15-2)7-9-17(11-14)21(19,20)10-6-12-5-3-4-8-16-12/h12,16H,3-11H2,1-2H3,(H,15,18). The summed E-state index contributed by atoms with van der Waals surface area (Å²) >= 11 is 0. The maximum Gasteiger partial charge on any atom is 0.227 e. The molecule has 2 heterocycles. The van der Waals surface area contributed by atoms with Crippen LogP contribution in [0.15, 0.2) is 0 Å². The van der Waals surface area contributed by atoms with Crippen molar-refractivity contribution in [3.63, 3.8) is 0 Å². The summed E-state index contributed by atoms with van der Waals surface area (Å²) in [5.41, 5.74) is -0.592. The Bertz CT molecular complexity index is 474. The summed E-state index contributed by atoms with van der Waals surface area (Å²) < 4.78 is 26.4. The van der Waals surface area contributed by atoms with Gasteiger partial charge in [0.25, 0.3) is 0 Å². The van der Waals surface area contributed by atoms with Gasteiger partial charge in [-0.25, -0.2) is 12.7 Å². The zero-order valence-electron chi connectivity index (χ0n) is 13.0. The van der Waals surface area contributed by atoms with Gasteiger partial charge in [0, 0.05) is 26.2 Å². The largest absolute Gasteiger partial charge is 0.359 e. The average Bonchev–Trinajstić information content (AvgIpc) is 2.90. The van der Waals surface area contributed by atoms with Gasteiger partial charge in [0.05, 0.1) is 11.2 Å². The van der Waals surface area contributed by atoms with Crippen molar-refractivity contribution in [1.29, 1.82) is 0 Å². The number of amides is 1. The molecule has 0 aromatic heterocycles. The first-order valence-electron chi connectivity index (χ1n) is 7.81. The highest BCUT2D eigenvalue weighted by molar-refractivity contribution is 7.89. The Labute approximate surface area is 127 Å². The molecule has 0 radical (unpaired) electrons. The lowest BCUT2D eigenvalue weighted by Gasteiger charge is -2.25. The van der Waals surface area contributed by atoms with Gasteiger partial charge in [0.15, 0.2) is 0 Å². The molecule has 0 aromatic rings. The highest BCUT2D eigenvalue weighted by Crippen LogP contribution is 2.32. The second-order valence-electron chi connectivity index (χ2n) is 6.47. The molecular weight excluding hydrogens is 290 g/mol. The minimum Gasteiger partial charge on any atom is -0.359 e. The fraction of sp³-hybridized carbons (Fsp3) is 0.929. The number of rotatable bonds is 5. The van der Waals surface area contributed by atoms with Gasteiger partial charge in [-0.3, -0.25) is 4.79 Å². The summed E-state index contributed by atoms with van der Waals surface area (Å²) in [7, 11) is -1.66. The van der Waals surface area contributed by atoms with Crippen molar-refractivity contribution in [1.82, 2.24) is 14.9 Å². The second kappa shape index (κ2) is 6.62. The molecule has 2 aliphatic heterocycles. The number of nitrogens with one attached hydrogen (secondary N) is 2. The van der Waals surface area contributed by atoms with Crippen molar-refractivity contribution in [3.8, 4) is 0 Å². The SMILES string of the molecule is CNC(=O)C1(C)CCN(S(=O)(=O)CCC2CCCCN2)C1. The molecule has 2 aliphatic rings. The molecule has 2 saturated heterocycles. The van der Waals surface area contributed by atoms with E-state index in [1.165, 1.54) is 17.1 Å². The summed E-state index contributed by atoms with van der Waals surface area (Å²) in [6.07, 6.45) is 4.67. The molecule has 122 valence electrons. The molecule has 0 bridgehead atoms. The lowest BCUT2D eigenvalue weighted by molar-refractivity contribution is -0.128. The van der Waals surface area contributed by atoms with E-state index in [0.29, 0.717) is 32.0 Å². The molecule has 0 aliphatic carbocycles. The average molecular weight is 317 g/mol. The molecule has 6 nitrogen and oxygen atoms in total. The summed E-state index contributed by atoms with van der Waals surface area (Å²) in [4.78, 5) is 11.9. The first-order valence-corrected chi connectivity index (χ1v) is 9.42. The molecule has 2 rings (SSSR count). The Balaban J connectivity index is 1.90. The second-order valence-corrected chi connectivity index (χ2v) is 8.56. The van der Waals surface area contributed by atoms with Crippen LogP contribution >= 0.6 is 0 Å². The van der Waals surface area contributed by atoms with Crippen LogP contribution in [0, 0.1) is 5.41 Å². The van der Waals surface area contributed by atoms with Crippen molar-refractivity contribution in [2.24, 2.45) is 5.41 Å². The molecule has 0 saturated carbocycles. The van der Waals surface area contributed by atoms with Gasteiger partial charge < -0.3 is 10.6 Å². The van der Waals surface area contributed by atoms with E-state index in [1.807, 2.05) is 6.92 Å². The number of carbonyl (C=O) groups excluding carboxylic acids is 1. The van der Waals surface area contributed by atoms with Crippen molar-refractivity contribution in [2.45, 2.75) is 45.1 Å². The smallest absolute Gasteiger partial charge is 0.227 e. The van der Waals surface area contributed by atoms with Crippen LogP contribution in [0.3, 0.4) is 0 Å². The molecule has 2 fully saturated rings. The van der Waals surface area contributed by atoms with E-state index < -0.39 is 15.4 Å². The molecular formula is C14H27N3O3S. The van der Waals surface area contributed by atoms with E-state index in [1.54, 1.807) is 7.05 Å². The van der Waals surface area contributed by atoms with Crippen LogP contribution in [-0.2, 0) is 14.8 Å². The monoisotopic (exact) mass is 317 g/mol. The van der Waals surface area contributed by atoms with Crippen molar-refractivity contribution >= 4 is 15.9 Å². The van der Waals surface area contributed by atoms with Crippen molar-refractivity contribution < 1.29 is 13.2 Å². The predicted octanol–water partition coefficient (Wildman–Crippen LogP) is 0.306.